The number of aromatic nitrogens is 2. The second kappa shape index (κ2) is 7.19. The number of carbonyl (C=O) groups excluding carboxylic acids is 1. The number of hydrogen-bond donors (Lipinski definition) is 2. The van der Waals surface area contributed by atoms with Gasteiger partial charge in [-0.15, -0.1) is 0 Å². The van der Waals surface area contributed by atoms with E-state index in [4.69, 9.17) is 0 Å². The van der Waals surface area contributed by atoms with E-state index in [1.807, 2.05) is 44.2 Å². The van der Waals surface area contributed by atoms with Gasteiger partial charge in [0.15, 0.2) is 5.69 Å². The van der Waals surface area contributed by atoms with Crippen LogP contribution in [0.25, 0.3) is 5.69 Å². The standard InChI is InChI=1S/C17H21N3O3/c1-11(2)15(22)10-18-17(23)16-14(21)9-12(3)20(19-16)13-7-5-4-6-8-13/h4-9,11,15,22H,10H2,1-3H3,(H,18,23). The fourth-order valence-electron chi connectivity index (χ4n) is 2.05. The Balaban J connectivity index is 2.29. The molecule has 0 bridgehead atoms. The summed E-state index contributed by atoms with van der Waals surface area (Å²) in [7, 11) is 0. The van der Waals surface area contributed by atoms with Gasteiger partial charge in [0.2, 0.25) is 5.43 Å². The van der Waals surface area contributed by atoms with E-state index in [1.54, 1.807) is 11.6 Å². The van der Waals surface area contributed by atoms with Crippen LogP contribution in [0.15, 0.2) is 41.2 Å². The van der Waals surface area contributed by atoms with Crippen LogP contribution in [0.2, 0.25) is 0 Å². The minimum Gasteiger partial charge on any atom is -0.391 e. The molecule has 2 aromatic rings. The molecule has 2 rings (SSSR count). The van der Waals surface area contributed by atoms with Crippen molar-refractivity contribution in [2.45, 2.75) is 26.9 Å². The van der Waals surface area contributed by atoms with Gasteiger partial charge in [0, 0.05) is 18.3 Å². The third kappa shape index (κ3) is 4.04. The lowest BCUT2D eigenvalue weighted by Gasteiger charge is -2.15. The molecule has 0 aliphatic carbocycles. The van der Waals surface area contributed by atoms with Crippen molar-refractivity contribution in [2.24, 2.45) is 5.92 Å². The zero-order chi connectivity index (χ0) is 17.0. The summed E-state index contributed by atoms with van der Waals surface area (Å²) in [5, 5.41) is 16.5. The second-order valence-electron chi connectivity index (χ2n) is 5.77. The van der Waals surface area contributed by atoms with E-state index in [-0.39, 0.29) is 18.2 Å². The van der Waals surface area contributed by atoms with E-state index in [2.05, 4.69) is 10.4 Å². The van der Waals surface area contributed by atoms with Crippen molar-refractivity contribution >= 4 is 5.91 Å². The van der Waals surface area contributed by atoms with Gasteiger partial charge in [0.05, 0.1) is 11.8 Å². The molecule has 0 saturated carbocycles. The molecule has 0 aliphatic rings. The van der Waals surface area contributed by atoms with Crippen LogP contribution in [-0.2, 0) is 0 Å². The molecule has 0 radical (unpaired) electrons. The van der Waals surface area contributed by atoms with Crippen LogP contribution in [0.3, 0.4) is 0 Å². The monoisotopic (exact) mass is 315 g/mol. The molecule has 2 N–H and O–H groups in total. The van der Waals surface area contributed by atoms with E-state index >= 15 is 0 Å². The SMILES string of the molecule is Cc1cc(=O)c(C(=O)NCC(O)C(C)C)nn1-c1ccccc1. The highest BCUT2D eigenvalue weighted by molar-refractivity contribution is 5.92. The number of hydrogen-bond acceptors (Lipinski definition) is 4. The maximum atomic E-state index is 12.2. The van der Waals surface area contributed by atoms with Crippen LogP contribution in [0, 0.1) is 12.8 Å². The fourth-order valence-corrected chi connectivity index (χ4v) is 2.05. The van der Waals surface area contributed by atoms with Crippen molar-refractivity contribution in [3.63, 3.8) is 0 Å². The normalized spacial score (nSPS) is 12.2. The summed E-state index contributed by atoms with van der Waals surface area (Å²) in [6.45, 7) is 5.54. The number of amides is 1. The Morgan fingerprint density at radius 2 is 1.96 bits per heavy atom. The van der Waals surface area contributed by atoms with Gasteiger partial charge in [-0.3, -0.25) is 9.59 Å². The highest BCUT2D eigenvalue weighted by Crippen LogP contribution is 2.08. The lowest BCUT2D eigenvalue weighted by Crippen LogP contribution is -2.38. The van der Waals surface area contributed by atoms with Crippen LogP contribution in [0.4, 0.5) is 0 Å². The summed E-state index contributed by atoms with van der Waals surface area (Å²) in [6, 6.07) is 10.7. The minimum absolute atomic E-state index is 0.0160. The summed E-state index contributed by atoms with van der Waals surface area (Å²) < 4.78 is 1.55. The maximum Gasteiger partial charge on any atom is 0.275 e. The first kappa shape index (κ1) is 16.9. The number of nitrogens with zero attached hydrogens (tertiary/aromatic N) is 2. The fraction of sp³-hybridized carbons (Fsp3) is 0.353. The van der Waals surface area contributed by atoms with Crippen molar-refractivity contribution in [3.05, 3.63) is 58.0 Å². The maximum absolute atomic E-state index is 12.2. The molecule has 1 unspecified atom stereocenters. The molecule has 1 atom stereocenters. The number of aliphatic hydroxyl groups is 1. The van der Waals surface area contributed by atoms with Crippen LogP contribution in [0.5, 0.6) is 0 Å². The number of aryl methyl sites for hydroxylation is 1. The van der Waals surface area contributed by atoms with Gasteiger partial charge in [0.1, 0.15) is 0 Å². The van der Waals surface area contributed by atoms with Crippen molar-refractivity contribution in [1.82, 2.24) is 15.1 Å². The smallest absolute Gasteiger partial charge is 0.275 e. The summed E-state index contributed by atoms with van der Waals surface area (Å²) in [5.74, 6) is -0.568. The predicted octanol–water partition coefficient (Wildman–Crippen LogP) is 1.29. The average Bonchev–Trinajstić information content (AvgIpc) is 2.53. The lowest BCUT2D eigenvalue weighted by atomic mass is 10.1. The summed E-state index contributed by atoms with van der Waals surface area (Å²) >= 11 is 0. The van der Waals surface area contributed by atoms with E-state index < -0.39 is 17.4 Å². The third-order valence-corrected chi connectivity index (χ3v) is 3.56. The molecule has 6 heteroatoms. The molecule has 122 valence electrons. The van der Waals surface area contributed by atoms with Crippen molar-refractivity contribution in [3.8, 4) is 5.69 Å². The van der Waals surface area contributed by atoms with Gasteiger partial charge < -0.3 is 10.4 Å². The number of para-hydroxylation sites is 1. The van der Waals surface area contributed by atoms with Gasteiger partial charge >= 0.3 is 0 Å². The largest absolute Gasteiger partial charge is 0.391 e. The number of rotatable bonds is 5. The molecule has 0 fully saturated rings. The molecule has 0 spiro atoms. The molecular formula is C17H21N3O3. The molecule has 1 amide bonds. The van der Waals surface area contributed by atoms with Gasteiger partial charge in [-0.05, 0) is 25.0 Å². The predicted molar refractivity (Wildman–Crippen MR) is 87.7 cm³/mol. The first-order valence-corrected chi connectivity index (χ1v) is 7.53. The Morgan fingerprint density at radius 3 is 2.57 bits per heavy atom. The molecule has 1 aromatic carbocycles. The quantitative estimate of drug-likeness (QED) is 0.871. The summed E-state index contributed by atoms with van der Waals surface area (Å²) in [6.07, 6.45) is -0.666. The zero-order valence-corrected chi connectivity index (χ0v) is 13.5. The summed E-state index contributed by atoms with van der Waals surface area (Å²) in [5.41, 5.74) is 0.780. The Kier molecular flexibility index (Phi) is 5.28. The van der Waals surface area contributed by atoms with Crippen molar-refractivity contribution in [1.29, 1.82) is 0 Å². The van der Waals surface area contributed by atoms with Crippen molar-refractivity contribution in [2.75, 3.05) is 6.54 Å². The Bertz CT molecular complexity index is 738. The van der Waals surface area contributed by atoms with Crippen LogP contribution >= 0.6 is 0 Å². The van der Waals surface area contributed by atoms with Crippen LogP contribution < -0.4 is 10.7 Å². The van der Waals surface area contributed by atoms with E-state index in [1.165, 1.54) is 6.07 Å². The molecule has 1 aromatic heterocycles. The van der Waals surface area contributed by atoms with E-state index in [0.29, 0.717) is 5.69 Å². The average molecular weight is 315 g/mol. The zero-order valence-electron chi connectivity index (χ0n) is 13.5. The summed E-state index contributed by atoms with van der Waals surface area (Å²) in [4.78, 5) is 24.2. The van der Waals surface area contributed by atoms with Crippen molar-refractivity contribution < 1.29 is 9.90 Å². The molecule has 6 nitrogen and oxygen atoms in total. The first-order valence-electron chi connectivity index (χ1n) is 7.53. The Labute approximate surface area is 134 Å². The van der Waals surface area contributed by atoms with Gasteiger partial charge in [-0.2, -0.15) is 5.10 Å². The molecular weight excluding hydrogens is 294 g/mol. The Morgan fingerprint density at radius 1 is 1.30 bits per heavy atom. The van der Waals surface area contributed by atoms with Gasteiger partial charge in [0.25, 0.3) is 5.91 Å². The number of carbonyl (C=O) groups is 1. The molecule has 0 aliphatic heterocycles. The lowest BCUT2D eigenvalue weighted by molar-refractivity contribution is 0.0864. The van der Waals surface area contributed by atoms with Gasteiger partial charge in [-0.25, -0.2) is 4.68 Å². The van der Waals surface area contributed by atoms with Gasteiger partial charge in [-0.1, -0.05) is 32.0 Å². The molecule has 1 heterocycles. The highest BCUT2D eigenvalue weighted by Gasteiger charge is 2.17. The number of benzene rings is 1. The highest BCUT2D eigenvalue weighted by atomic mass is 16.3. The minimum atomic E-state index is -0.666. The second-order valence-corrected chi connectivity index (χ2v) is 5.77. The topological polar surface area (TPSA) is 84.2 Å². The Hall–Kier alpha value is -2.47. The number of nitrogens with one attached hydrogen (secondary N) is 1. The molecule has 23 heavy (non-hydrogen) atoms. The number of aliphatic hydroxyl groups excluding tert-OH is 1. The van der Waals surface area contributed by atoms with E-state index in [0.717, 1.165) is 5.69 Å². The third-order valence-electron chi connectivity index (χ3n) is 3.56. The first-order chi connectivity index (χ1) is 10.9. The van der Waals surface area contributed by atoms with Crippen LogP contribution in [-0.4, -0.2) is 33.4 Å². The van der Waals surface area contributed by atoms with Crippen LogP contribution in [0.1, 0.15) is 30.0 Å². The molecule has 0 saturated heterocycles. The van der Waals surface area contributed by atoms with E-state index in [9.17, 15) is 14.7 Å².